The van der Waals surface area contributed by atoms with Gasteiger partial charge in [-0.3, -0.25) is 15.0 Å². The average molecular weight is 401 g/mol. The van der Waals surface area contributed by atoms with Gasteiger partial charge in [-0.25, -0.2) is 0 Å². The lowest BCUT2D eigenvalue weighted by atomic mass is 10.1. The molecule has 0 spiro atoms. The second-order valence-electron chi connectivity index (χ2n) is 6.53. The van der Waals surface area contributed by atoms with Crippen LogP contribution in [0.5, 0.6) is 0 Å². The van der Waals surface area contributed by atoms with Gasteiger partial charge in [-0.1, -0.05) is 32.6 Å². The third-order valence-electron chi connectivity index (χ3n) is 5.05. The summed E-state index contributed by atoms with van der Waals surface area (Å²) < 4.78 is 0. The Balaban J connectivity index is 2.14. The summed E-state index contributed by atoms with van der Waals surface area (Å²) in [7, 11) is -1.01. The summed E-state index contributed by atoms with van der Waals surface area (Å²) in [5.41, 5.74) is 2.55. The number of hydrogen-bond donors (Lipinski definition) is 0. The van der Waals surface area contributed by atoms with Crippen molar-refractivity contribution in [3.05, 3.63) is 76.8 Å². The SMILES string of the molecule is C=N/C=C\c1c(C)p(-p2c(C)c(/C=C\N=C)c3ccncc32)c2ccccc12. The third kappa shape index (κ3) is 2.88. The highest BCUT2D eigenvalue weighted by Crippen LogP contribution is 2.70. The highest BCUT2D eigenvalue weighted by molar-refractivity contribution is 8.26. The van der Waals surface area contributed by atoms with E-state index in [-0.39, 0.29) is 0 Å². The molecule has 0 aliphatic carbocycles. The number of aromatic nitrogens is 1. The van der Waals surface area contributed by atoms with Crippen molar-refractivity contribution >= 4 is 61.0 Å². The van der Waals surface area contributed by atoms with Crippen molar-refractivity contribution in [2.45, 2.75) is 13.8 Å². The summed E-state index contributed by atoms with van der Waals surface area (Å²) in [6, 6.07) is 10.9. The molecule has 0 bridgehead atoms. The topological polar surface area (TPSA) is 37.6 Å². The summed E-state index contributed by atoms with van der Waals surface area (Å²) in [6.45, 7) is 11.7. The largest absolute Gasteiger partial charge is 0.272 e. The number of nitrogens with zero attached hydrogens (tertiary/aromatic N) is 3. The van der Waals surface area contributed by atoms with E-state index in [4.69, 9.17) is 0 Å². The Morgan fingerprint density at radius 2 is 1.39 bits per heavy atom. The number of hydrogen-bond acceptors (Lipinski definition) is 3. The summed E-state index contributed by atoms with van der Waals surface area (Å²) in [4.78, 5) is 12.3. The molecule has 138 valence electrons. The minimum absolute atomic E-state index is 0.494. The van der Waals surface area contributed by atoms with Crippen LogP contribution in [0.4, 0.5) is 0 Å². The lowest BCUT2D eigenvalue weighted by Gasteiger charge is -2.07. The molecule has 0 radical (unpaired) electrons. The van der Waals surface area contributed by atoms with Crippen molar-refractivity contribution in [3.63, 3.8) is 0 Å². The summed E-state index contributed by atoms with van der Waals surface area (Å²) in [5.74, 6) is 0. The maximum atomic E-state index is 4.46. The average Bonchev–Trinajstić information content (AvgIpc) is 3.15. The molecule has 0 amide bonds. The number of pyridine rings is 1. The van der Waals surface area contributed by atoms with Crippen LogP contribution in [0.15, 0.2) is 65.1 Å². The Morgan fingerprint density at radius 3 is 2.04 bits per heavy atom. The zero-order valence-corrected chi connectivity index (χ0v) is 17.8. The van der Waals surface area contributed by atoms with Crippen molar-refractivity contribution < 1.29 is 0 Å². The maximum absolute atomic E-state index is 4.46. The fourth-order valence-electron chi connectivity index (χ4n) is 3.84. The first kappa shape index (κ1) is 18.6. The van der Waals surface area contributed by atoms with Crippen LogP contribution < -0.4 is 0 Å². The van der Waals surface area contributed by atoms with Crippen LogP contribution in [0.3, 0.4) is 0 Å². The molecular formula is C23H21N3P2. The zero-order valence-electron chi connectivity index (χ0n) is 16.0. The Kier molecular flexibility index (Phi) is 5.13. The van der Waals surface area contributed by atoms with E-state index in [1.54, 1.807) is 12.4 Å². The molecule has 3 heterocycles. The third-order valence-corrected chi connectivity index (χ3v) is 13.2. The van der Waals surface area contributed by atoms with E-state index >= 15 is 0 Å². The van der Waals surface area contributed by atoms with Crippen LogP contribution in [0.1, 0.15) is 21.7 Å². The molecule has 0 saturated heterocycles. The molecule has 0 aliphatic rings. The fraction of sp³-hybridized carbons (Fsp3) is 0.0870. The van der Waals surface area contributed by atoms with E-state index in [0.29, 0.717) is 0 Å². The van der Waals surface area contributed by atoms with Gasteiger partial charge in [0, 0.05) is 35.0 Å². The second-order valence-corrected chi connectivity index (χ2v) is 12.5. The molecule has 2 atom stereocenters. The molecule has 0 aliphatic heterocycles. The molecule has 1 aromatic carbocycles. The predicted molar refractivity (Wildman–Crippen MR) is 129 cm³/mol. The Bertz CT molecular complexity index is 1170. The Morgan fingerprint density at radius 1 is 0.821 bits per heavy atom. The van der Waals surface area contributed by atoms with E-state index in [9.17, 15) is 0 Å². The lowest BCUT2D eigenvalue weighted by molar-refractivity contribution is 1.37. The molecule has 2 unspecified atom stereocenters. The molecule has 3 nitrogen and oxygen atoms in total. The van der Waals surface area contributed by atoms with Gasteiger partial charge in [0.1, 0.15) is 0 Å². The second kappa shape index (κ2) is 7.72. The van der Waals surface area contributed by atoms with Gasteiger partial charge >= 0.3 is 0 Å². The van der Waals surface area contributed by atoms with Crippen LogP contribution in [0.2, 0.25) is 0 Å². The van der Waals surface area contributed by atoms with Gasteiger partial charge in [0.15, 0.2) is 0 Å². The van der Waals surface area contributed by atoms with Gasteiger partial charge in [-0.15, -0.1) is 0 Å². The highest BCUT2D eigenvalue weighted by Gasteiger charge is 2.21. The van der Waals surface area contributed by atoms with Crippen molar-refractivity contribution in [2.75, 3.05) is 0 Å². The normalized spacial score (nSPS) is 13.2. The van der Waals surface area contributed by atoms with Gasteiger partial charge in [0.2, 0.25) is 0 Å². The molecule has 0 saturated carbocycles. The minimum Gasteiger partial charge on any atom is -0.272 e. The van der Waals surface area contributed by atoms with Crippen molar-refractivity contribution in [2.24, 2.45) is 9.98 Å². The molecule has 4 rings (SSSR count). The predicted octanol–water partition coefficient (Wildman–Crippen LogP) is 7.63. The highest BCUT2D eigenvalue weighted by atomic mass is 32.0. The van der Waals surface area contributed by atoms with Crippen molar-refractivity contribution in [1.29, 1.82) is 0 Å². The minimum atomic E-state index is -0.516. The van der Waals surface area contributed by atoms with Crippen LogP contribution in [-0.4, -0.2) is 18.4 Å². The van der Waals surface area contributed by atoms with Crippen molar-refractivity contribution in [1.82, 2.24) is 4.98 Å². The van der Waals surface area contributed by atoms with Crippen LogP contribution in [0.25, 0.3) is 33.2 Å². The molecule has 4 aromatic rings. The summed E-state index contributed by atoms with van der Waals surface area (Å²) in [6.07, 6.45) is 11.7. The summed E-state index contributed by atoms with van der Waals surface area (Å²) >= 11 is 0. The van der Waals surface area contributed by atoms with Crippen LogP contribution in [0, 0.1) is 13.8 Å². The van der Waals surface area contributed by atoms with Gasteiger partial charge in [-0.2, -0.15) is 0 Å². The van der Waals surface area contributed by atoms with Gasteiger partial charge < -0.3 is 0 Å². The number of fused-ring (bicyclic) bond motifs is 2. The van der Waals surface area contributed by atoms with E-state index in [1.165, 1.54) is 42.7 Å². The maximum Gasteiger partial charge on any atom is 0.0392 e. The molecule has 3 aromatic heterocycles. The monoisotopic (exact) mass is 401 g/mol. The molecule has 28 heavy (non-hydrogen) atoms. The first-order valence-electron chi connectivity index (χ1n) is 8.99. The van der Waals surface area contributed by atoms with Gasteiger partial charge in [-0.05, 0) is 84.1 Å². The van der Waals surface area contributed by atoms with Crippen LogP contribution in [-0.2, 0) is 0 Å². The number of benzene rings is 1. The molecular weight excluding hydrogens is 380 g/mol. The van der Waals surface area contributed by atoms with E-state index < -0.39 is 14.4 Å². The standard InChI is InChI=1S/C23H21N3P2/c1-16-18(9-12-24-3)20-7-5-6-8-22(20)27(16)28-17(2)19(10-13-25-4)21-11-14-26-15-23(21)28/h5-15H,3-4H2,1-2H3/b12-9-,13-10-. The first-order valence-corrected chi connectivity index (χ1v) is 12.4. The van der Waals surface area contributed by atoms with E-state index in [2.05, 4.69) is 90.9 Å². The fourth-order valence-corrected chi connectivity index (χ4v) is 12.4. The molecule has 0 N–H and O–H groups in total. The summed E-state index contributed by atoms with van der Waals surface area (Å²) in [5, 5.41) is 8.30. The smallest absolute Gasteiger partial charge is 0.0392 e. The zero-order chi connectivity index (χ0) is 19.7. The van der Waals surface area contributed by atoms with Crippen LogP contribution >= 0.6 is 14.4 Å². The van der Waals surface area contributed by atoms with Crippen molar-refractivity contribution in [3.8, 4) is 0 Å². The number of rotatable bonds is 5. The van der Waals surface area contributed by atoms with Gasteiger partial charge in [0.25, 0.3) is 0 Å². The van der Waals surface area contributed by atoms with E-state index in [1.807, 2.05) is 6.20 Å². The molecule has 0 fully saturated rings. The Hall–Kier alpha value is -2.73. The molecule has 5 heteroatoms. The Labute approximate surface area is 166 Å². The van der Waals surface area contributed by atoms with E-state index in [0.717, 1.165) is 0 Å². The first-order chi connectivity index (χ1) is 13.7. The van der Waals surface area contributed by atoms with Gasteiger partial charge in [0.05, 0.1) is 0 Å². The quantitative estimate of drug-likeness (QED) is 0.317. The number of aliphatic imine (C=N–C) groups is 2. The lowest BCUT2D eigenvalue weighted by Crippen LogP contribution is -1.72.